The molecule has 0 saturated carbocycles. The molecule has 0 aliphatic rings. The summed E-state index contributed by atoms with van der Waals surface area (Å²) in [4.78, 5) is 20.4. The second-order valence-electron chi connectivity index (χ2n) is 6.34. The Morgan fingerprint density at radius 3 is 2.00 bits per heavy atom. The highest BCUT2D eigenvalue weighted by Crippen LogP contribution is 2.62. The average molecular weight is 334 g/mol. The van der Waals surface area contributed by atoms with Gasteiger partial charge in [-0.05, 0) is 35.2 Å². The normalized spacial score (nSPS) is 12.7. The van der Waals surface area contributed by atoms with Crippen LogP contribution in [-0.2, 0) is 9.72 Å². The molecule has 2 aromatic rings. The zero-order valence-corrected chi connectivity index (χ0v) is 14.9. The molecule has 0 atom stereocenters. The van der Waals surface area contributed by atoms with E-state index in [1.807, 2.05) is 42.5 Å². The number of hydrogen-bond donors (Lipinski definition) is 2. The van der Waals surface area contributed by atoms with Gasteiger partial charge in [0.15, 0.2) is 0 Å². The van der Waals surface area contributed by atoms with Gasteiger partial charge in [-0.3, -0.25) is 4.57 Å². The first-order valence-corrected chi connectivity index (χ1v) is 10.1. The minimum atomic E-state index is -4.27. The Hall–Kier alpha value is -1.15. The van der Waals surface area contributed by atoms with E-state index in [1.54, 1.807) is 0 Å². The van der Waals surface area contributed by atoms with Gasteiger partial charge in [0, 0.05) is 0 Å². The smallest absolute Gasteiger partial charge is 0.324 e. The predicted octanol–water partition coefficient (Wildman–Crippen LogP) is 5.59. The van der Waals surface area contributed by atoms with Crippen LogP contribution in [0.15, 0.2) is 42.5 Å². The van der Waals surface area contributed by atoms with Gasteiger partial charge in [0.05, 0.1) is 5.16 Å². The Morgan fingerprint density at radius 2 is 1.48 bits per heavy atom. The topological polar surface area (TPSA) is 57.5 Å². The lowest BCUT2D eigenvalue weighted by Crippen LogP contribution is -2.26. The van der Waals surface area contributed by atoms with Gasteiger partial charge in [0.1, 0.15) is 0 Å². The van der Waals surface area contributed by atoms with Crippen molar-refractivity contribution in [2.45, 2.75) is 57.5 Å². The van der Waals surface area contributed by atoms with Gasteiger partial charge in [-0.15, -0.1) is 0 Å². The van der Waals surface area contributed by atoms with Crippen molar-refractivity contribution in [1.82, 2.24) is 0 Å². The molecule has 0 aliphatic heterocycles. The molecule has 0 aromatic heterocycles. The summed E-state index contributed by atoms with van der Waals surface area (Å²) in [5.74, 6) is 0. The van der Waals surface area contributed by atoms with Gasteiger partial charge in [-0.1, -0.05) is 75.9 Å². The summed E-state index contributed by atoms with van der Waals surface area (Å²) < 4.78 is 12.5. The average Bonchev–Trinajstić information content (AvgIpc) is 2.53. The number of benzene rings is 2. The van der Waals surface area contributed by atoms with Crippen molar-refractivity contribution in [3.05, 3.63) is 48.0 Å². The van der Waals surface area contributed by atoms with Crippen LogP contribution in [0.3, 0.4) is 0 Å². The molecule has 3 nitrogen and oxygen atoms in total. The molecular formula is C19H27O3P. The van der Waals surface area contributed by atoms with Gasteiger partial charge in [-0.2, -0.15) is 0 Å². The lowest BCUT2D eigenvalue weighted by Gasteiger charge is -2.35. The molecule has 0 unspecified atom stereocenters. The second kappa shape index (κ2) is 7.61. The van der Waals surface area contributed by atoms with Crippen LogP contribution in [0.2, 0.25) is 0 Å². The Bertz CT molecular complexity index is 682. The third-order valence-corrected chi connectivity index (χ3v) is 6.55. The quantitative estimate of drug-likeness (QED) is 0.618. The van der Waals surface area contributed by atoms with Crippen LogP contribution in [-0.4, -0.2) is 9.79 Å². The second-order valence-corrected chi connectivity index (χ2v) is 8.29. The first-order chi connectivity index (χ1) is 10.9. The van der Waals surface area contributed by atoms with Crippen molar-refractivity contribution < 1.29 is 14.4 Å². The van der Waals surface area contributed by atoms with Crippen molar-refractivity contribution in [2.24, 2.45) is 0 Å². The number of fused-ring (bicyclic) bond motifs is 1. The minimum absolute atomic E-state index is 0.534. The lowest BCUT2D eigenvalue weighted by molar-refractivity contribution is 0.300. The molecule has 0 saturated heterocycles. The molecule has 2 N–H and O–H groups in total. The van der Waals surface area contributed by atoms with Gasteiger partial charge in [0.2, 0.25) is 0 Å². The summed E-state index contributed by atoms with van der Waals surface area (Å²) in [5, 5.41) is 1.08. The van der Waals surface area contributed by atoms with Crippen LogP contribution in [0.5, 0.6) is 0 Å². The van der Waals surface area contributed by atoms with Crippen LogP contribution >= 0.6 is 7.60 Å². The molecule has 2 rings (SSSR count). The standard InChI is InChI=1S/C19H27O3P/c1-3-5-13-19(14-6-4-2,23(20,21)22)18-12-11-16-9-7-8-10-17(16)15-18/h7-12,15H,3-6,13-14H2,1-2H3,(H2,20,21,22). The van der Waals surface area contributed by atoms with Crippen molar-refractivity contribution in [2.75, 3.05) is 0 Å². The first-order valence-electron chi connectivity index (χ1n) is 8.49. The summed E-state index contributed by atoms with van der Waals surface area (Å²) in [7, 11) is -4.27. The van der Waals surface area contributed by atoms with Gasteiger partial charge in [-0.25, -0.2) is 0 Å². The van der Waals surface area contributed by atoms with Crippen LogP contribution in [0.4, 0.5) is 0 Å². The zero-order chi connectivity index (χ0) is 16.9. The Morgan fingerprint density at radius 1 is 0.913 bits per heavy atom. The van der Waals surface area contributed by atoms with E-state index in [4.69, 9.17) is 0 Å². The van der Waals surface area contributed by atoms with Crippen LogP contribution < -0.4 is 0 Å². The largest absolute Gasteiger partial charge is 0.335 e. The fraction of sp³-hybridized carbons (Fsp3) is 0.474. The molecule has 23 heavy (non-hydrogen) atoms. The molecule has 0 spiro atoms. The summed E-state index contributed by atoms with van der Waals surface area (Å²) in [6.45, 7) is 4.12. The van der Waals surface area contributed by atoms with E-state index in [9.17, 15) is 14.4 Å². The number of unbranched alkanes of at least 4 members (excludes halogenated alkanes) is 2. The van der Waals surface area contributed by atoms with E-state index < -0.39 is 12.8 Å². The summed E-state index contributed by atoms with van der Waals surface area (Å²) >= 11 is 0. The third kappa shape index (κ3) is 3.85. The molecule has 126 valence electrons. The minimum Gasteiger partial charge on any atom is -0.324 e. The molecular weight excluding hydrogens is 307 g/mol. The lowest BCUT2D eigenvalue weighted by atomic mass is 9.86. The van der Waals surface area contributed by atoms with Crippen molar-refractivity contribution in [3.8, 4) is 0 Å². The van der Waals surface area contributed by atoms with E-state index in [2.05, 4.69) is 13.8 Å². The molecule has 4 heteroatoms. The zero-order valence-electron chi connectivity index (χ0n) is 14.0. The monoisotopic (exact) mass is 334 g/mol. The van der Waals surface area contributed by atoms with Crippen molar-refractivity contribution in [3.63, 3.8) is 0 Å². The summed E-state index contributed by atoms with van der Waals surface area (Å²) in [5.41, 5.74) is 0.784. The van der Waals surface area contributed by atoms with E-state index in [-0.39, 0.29) is 0 Å². The molecule has 0 fully saturated rings. The van der Waals surface area contributed by atoms with E-state index in [0.29, 0.717) is 12.8 Å². The van der Waals surface area contributed by atoms with Crippen molar-refractivity contribution in [1.29, 1.82) is 0 Å². The van der Waals surface area contributed by atoms with Gasteiger partial charge < -0.3 is 9.79 Å². The maximum atomic E-state index is 12.5. The molecule has 0 aliphatic carbocycles. The molecule has 0 bridgehead atoms. The highest BCUT2D eigenvalue weighted by molar-refractivity contribution is 7.53. The molecule has 0 radical (unpaired) electrons. The van der Waals surface area contributed by atoms with E-state index in [1.165, 1.54) is 0 Å². The fourth-order valence-electron chi connectivity index (χ4n) is 3.29. The van der Waals surface area contributed by atoms with Gasteiger partial charge >= 0.3 is 7.60 Å². The third-order valence-electron chi connectivity index (χ3n) is 4.73. The summed E-state index contributed by atoms with van der Waals surface area (Å²) in [6, 6.07) is 13.8. The predicted molar refractivity (Wildman–Crippen MR) is 96.7 cm³/mol. The highest BCUT2D eigenvalue weighted by Gasteiger charge is 2.47. The van der Waals surface area contributed by atoms with E-state index >= 15 is 0 Å². The summed E-state index contributed by atoms with van der Waals surface area (Å²) in [6.07, 6.45) is 4.57. The Balaban J connectivity index is 2.58. The number of rotatable bonds is 8. The number of hydrogen-bond acceptors (Lipinski definition) is 1. The highest BCUT2D eigenvalue weighted by atomic mass is 31.2. The Labute approximate surface area is 138 Å². The van der Waals surface area contributed by atoms with Crippen molar-refractivity contribution >= 4 is 18.4 Å². The van der Waals surface area contributed by atoms with E-state index in [0.717, 1.165) is 42.0 Å². The van der Waals surface area contributed by atoms with Crippen LogP contribution in [0.25, 0.3) is 10.8 Å². The molecule has 2 aromatic carbocycles. The van der Waals surface area contributed by atoms with Gasteiger partial charge in [0.25, 0.3) is 0 Å². The SMILES string of the molecule is CCCCC(CCCC)(c1ccc2ccccc2c1)P(=O)(O)O. The molecule has 0 amide bonds. The Kier molecular flexibility index (Phi) is 6.02. The maximum Gasteiger partial charge on any atom is 0.335 e. The first kappa shape index (κ1) is 18.2. The fourth-order valence-corrected chi connectivity index (χ4v) is 4.66. The van der Waals surface area contributed by atoms with Crippen LogP contribution in [0.1, 0.15) is 57.9 Å². The maximum absolute atomic E-state index is 12.5. The molecule has 0 heterocycles. The van der Waals surface area contributed by atoms with Crippen LogP contribution in [0, 0.1) is 0 Å².